The normalized spacial score (nSPS) is 28.7. The van der Waals surface area contributed by atoms with Crippen molar-refractivity contribution in [2.75, 3.05) is 11.6 Å². The fourth-order valence-corrected chi connectivity index (χ4v) is 6.22. The summed E-state index contributed by atoms with van der Waals surface area (Å²) in [5.74, 6) is 2.11. The number of thioether (sulfide) groups is 1. The van der Waals surface area contributed by atoms with Crippen molar-refractivity contribution >= 4 is 33.4 Å². The molecule has 4 atom stereocenters. The van der Waals surface area contributed by atoms with Gasteiger partial charge in [0.05, 0.1) is 0 Å². The molecule has 0 saturated heterocycles. The zero-order valence-electron chi connectivity index (χ0n) is 18.5. The third kappa shape index (κ3) is 3.88. The average Bonchev–Trinajstić information content (AvgIpc) is 2.89. The highest BCUT2D eigenvalue weighted by molar-refractivity contribution is 9.10. The van der Waals surface area contributed by atoms with E-state index in [0.29, 0.717) is 39.9 Å². The molecule has 2 aromatic rings. The van der Waals surface area contributed by atoms with Gasteiger partial charge < -0.3 is 10.1 Å². The number of aromatic nitrogens is 3. The first kappa shape index (κ1) is 21.3. The van der Waals surface area contributed by atoms with E-state index in [1.807, 2.05) is 6.26 Å². The molecular formula is C24H29BrN4OS. The molecule has 2 aliphatic carbocycles. The Bertz CT molecular complexity index is 1040. The van der Waals surface area contributed by atoms with Crippen LogP contribution in [0.15, 0.2) is 39.5 Å². The van der Waals surface area contributed by atoms with Gasteiger partial charge in [-0.3, -0.25) is 0 Å². The first-order valence-electron chi connectivity index (χ1n) is 11.1. The summed E-state index contributed by atoms with van der Waals surface area (Å²) in [5, 5.41) is 13.1. The summed E-state index contributed by atoms with van der Waals surface area (Å²) in [6.45, 7) is 7.24. The number of hydrogen-bond acceptors (Lipinski definition) is 6. The molecule has 1 aliphatic heterocycles. The van der Waals surface area contributed by atoms with Crippen LogP contribution in [0.4, 0.5) is 5.69 Å². The second-order valence-electron chi connectivity index (χ2n) is 9.76. The van der Waals surface area contributed by atoms with E-state index in [-0.39, 0.29) is 6.23 Å². The monoisotopic (exact) mass is 500 g/mol. The van der Waals surface area contributed by atoms with E-state index in [0.717, 1.165) is 28.6 Å². The van der Waals surface area contributed by atoms with Crippen molar-refractivity contribution in [1.29, 1.82) is 0 Å². The molecule has 31 heavy (non-hydrogen) atoms. The maximum absolute atomic E-state index is 6.61. The van der Waals surface area contributed by atoms with Crippen molar-refractivity contribution in [3.05, 3.63) is 34.3 Å². The Morgan fingerprint density at radius 1 is 1.26 bits per heavy atom. The van der Waals surface area contributed by atoms with E-state index in [1.54, 1.807) is 5.57 Å². The van der Waals surface area contributed by atoms with Crippen LogP contribution in [0.1, 0.15) is 46.5 Å². The van der Waals surface area contributed by atoms with Crippen molar-refractivity contribution in [2.24, 2.45) is 23.2 Å². The smallest absolute Gasteiger partial charge is 0.247 e. The topological polar surface area (TPSA) is 59.9 Å². The zero-order chi connectivity index (χ0) is 21.8. The van der Waals surface area contributed by atoms with Crippen LogP contribution in [0.2, 0.25) is 0 Å². The Kier molecular flexibility index (Phi) is 5.53. The lowest BCUT2D eigenvalue weighted by molar-refractivity contribution is 0.0519. The molecule has 5 nitrogen and oxygen atoms in total. The number of halogens is 1. The number of hydrogen-bond donors (Lipinski definition) is 1. The molecule has 3 aliphatic rings. The van der Waals surface area contributed by atoms with Crippen LogP contribution >= 0.6 is 27.7 Å². The predicted molar refractivity (Wildman–Crippen MR) is 129 cm³/mol. The predicted octanol–water partition coefficient (Wildman–Crippen LogP) is 6.56. The summed E-state index contributed by atoms with van der Waals surface area (Å²) < 4.78 is 7.60. The molecule has 0 unspecified atom stereocenters. The molecule has 0 radical (unpaired) electrons. The molecule has 7 heteroatoms. The van der Waals surface area contributed by atoms with Crippen LogP contribution in [-0.2, 0) is 0 Å². The third-order valence-electron chi connectivity index (χ3n) is 7.36. The molecule has 1 aromatic carbocycles. The average molecular weight is 501 g/mol. The molecule has 5 rings (SSSR count). The summed E-state index contributed by atoms with van der Waals surface area (Å²) in [5.41, 5.74) is 4.69. The van der Waals surface area contributed by atoms with E-state index in [4.69, 9.17) is 9.72 Å². The second-order valence-corrected chi connectivity index (χ2v) is 11.5. The first-order valence-corrected chi connectivity index (χ1v) is 13.1. The van der Waals surface area contributed by atoms with Crippen LogP contribution in [0.25, 0.3) is 11.3 Å². The Morgan fingerprint density at radius 2 is 2.10 bits per heavy atom. The Hall–Kier alpha value is -1.60. The van der Waals surface area contributed by atoms with Gasteiger partial charge in [0.25, 0.3) is 0 Å². The van der Waals surface area contributed by atoms with Crippen molar-refractivity contribution < 1.29 is 4.74 Å². The summed E-state index contributed by atoms with van der Waals surface area (Å²) in [7, 11) is 0. The molecule has 1 N–H and O–H groups in total. The van der Waals surface area contributed by atoms with Gasteiger partial charge in [0.2, 0.25) is 11.0 Å². The van der Waals surface area contributed by atoms with Gasteiger partial charge in [-0.2, -0.15) is 4.98 Å². The summed E-state index contributed by atoms with van der Waals surface area (Å²) in [6.07, 6.45) is 9.07. The standard InChI is InChI=1S/C24H29BrN4OS/c1-13-10-14-6-5-9-24(2,3)18(14)12-16(13)21-26-19-8-7-15(25)11-17(19)20-22(30-21)27-23(31-4)29-28-20/h6-8,11,13,16,18,21,26H,5,9-10,12H2,1-4H3/t13-,16+,18+,21-/m1/s1. The van der Waals surface area contributed by atoms with Gasteiger partial charge >= 0.3 is 0 Å². The van der Waals surface area contributed by atoms with Gasteiger partial charge in [0, 0.05) is 21.6 Å². The van der Waals surface area contributed by atoms with Gasteiger partial charge in [-0.1, -0.05) is 60.1 Å². The number of allylic oxidation sites excluding steroid dienone is 2. The largest absolute Gasteiger partial charge is 0.452 e. The molecule has 0 bridgehead atoms. The fraction of sp³-hybridized carbons (Fsp3) is 0.542. The maximum atomic E-state index is 6.61. The minimum atomic E-state index is -0.151. The van der Waals surface area contributed by atoms with Crippen LogP contribution in [-0.4, -0.2) is 27.7 Å². The number of anilines is 1. The highest BCUT2D eigenvalue weighted by Crippen LogP contribution is 2.52. The lowest BCUT2D eigenvalue weighted by Crippen LogP contribution is -2.45. The van der Waals surface area contributed by atoms with E-state index >= 15 is 0 Å². The number of rotatable bonds is 2. The van der Waals surface area contributed by atoms with E-state index in [9.17, 15) is 0 Å². The summed E-state index contributed by atoms with van der Waals surface area (Å²) in [6, 6.07) is 6.22. The molecule has 2 heterocycles. The lowest BCUT2D eigenvalue weighted by atomic mass is 9.59. The molecule has 0 spiro atoms. The number of nitrogens with one attached hydrogen (secondary N) is 1. The van der Waals surface area contributed by atoms with Crippen LogP contribution < -0.4 is 10.1 Å². The second kappa shape index (κ2) is 8.07. The van der Waals surface area contributed by atoms with Gasteiger partial charge in [0.1, 0.15) is 0 Å². The third-order valence-corrected chi connectivity index (χ3v) is 8.39. The van der Waals surface area contributed by atoms with Gasteiger partial charge in [-0.25, -0.2) is 0 Å². The Balaban J connectivity index is 1.55. The first-order chi connectivity index (χ1) is 14.9. The Morgan fingerprint density at radius 3 is 2.90 bits per heavy atom. The number of fused-ring (bicyclic) bond motifs is 4. The Labute approximate surface area is 197 Å². The molecule has 164 valence electrons. The summed E-state index contributed by atoms with van der Waals surface area (Å²) in [4.78, 5) is 4.70. The molecular weight excluding hydrogens is 472 g/mol. The molecule has 1 aromatic heterocycles. The number of ether oxygens (including phenoxy) is 1. The van der Waals surface area contributed by atoms with Gasteiger partial charge in [0.15, 0.2) is 11.9 Å². The van der Waals surface area contributed by atoms with Gasteiger partial charge in [-0.15, -0.1) is 10.2 Å². The maximum Gasteiger partial charge on any atom is 0.247 e. The van der Waals surface area contributed by atoms with Crippen molar-refractivity contribution in [3.8, 4) is 17.1 Å². The van der Waals surface area contributed by atoms with E-state index < -0.39 is 0 Å². The van der Waals surface area contributed by atoms with Crippen molar-refractivity contribution in [1.82, 2.24) is 15.2 Å². The van der Waals surface area contributed by atoms with Crippen LogP contribution in [0.5, 0.6) is 5.88 Å². The van der Waals surface area contributed by atoms with Gasteiger partial charge in [-0.05, 0) is 67.4 Å². The van der Waals surface area contributed by atoms with E-state index in [1.165, 1.54) is 24.6 Å². The highest BCUT2D eigenvalue weighted by Gasteiger charge is 2.44. The minimum absolute atomic E-state index is 0.151. The van der Waals surface area contributed by atoms with Crippen LogP contribution in [0.3, 0.4) is 0 Å². The van der Waals surface area contributed by atoms with Crippen molar-refractivity contribution in [3.63, 3.8) is 0 Å². The number of nitrogens with zero attached hydrogens (tertiary/aromatic N) is 3. The lowest BCUT2D eigenvalue weighted by Gasteiger charge is -2.48. The van der Waals surface area contributed by atoms with E-state index in [2.05, 4.69) is 76.5 Å². The fourth-order valence-electron chi connectivity index (χ4n) is 5.56. The SMILES string of the molecule is CSc1nnc2c(n1)O[C@H]([C@H]1C[C@H]3C(=CCCC3(C)C)C[C@H]1C)Nc1ccc(Br)cc1-2. The molecule has 1 fully saturated rings. The zero-order valence-corrected chi connectivity index (χ0v) is 20.9. The molecule has 1 saturated carbocycles. The quantitative estimate of drug-likeness (QED) is 0.371. The molecule has 0 amide bonds. The van der Waals surface area contributed by atoms with Crippen molar-refractivity contribution in [2.45, 2.75) is 57.8 Å². The highest BCUT2D eigenvalue weighted by atomic mass is 79.9. The number of benzene rings is 1. The van der Waals surface area contributed by atoms with Crippen LogP contribution in [0, 0.1) is 23.2 Å². The minimum Gasteiger partial charge on any atom is -0.452 e. The summed E-state index contributed by atoms with van der Waals surface area (Å²) >= 11 is 5.08.